The Morgan fingerprint density at radius 1 is 0.447 bits per heavy atom. The van der Waals surface area contributed by atoms with Gasteiger partial charge < -0.3 is 4.57 Å². The molecule has 0 aliphatic carbocycles. The van der Waals surface area contributed by atoms with E-state index in [1.165, 1.54) is 49.7 Å². The molecule has 0 amide bonds. The third kappa shape index (κ3) is 3.54. The molecule has 3 heteroatoms. The molecule has 0 saturated heterocycles. The summed E-state index contributed by atoms with van der Waals surface area (Å²) in [6.45, 7) is 0. The molecule has 0 atom stereocenters. The first kappa shape index (κ1) is 26.1. The molecule has 47 heavy (non-hydrogen) atoms. The molecule has 0 unspecified atom stereocenters. The Kier molecular flexibility index (Phi) is 5.49. The van der Waals surface area contributed by atoms with E-state index in [0.29, 0.717) is 0 Å². The molecule has 9 aromatic rings. The number of imidazole rings is 1. The third-order valence-corrected chi connectivity index (χ3v) is 9.97. The highest BCUT2D eigenvalue weighted by molar-refractivity contribution is 6.13. The van der Waals surface area contributed by atoms with Gasteiger partial charge in [0, 0.05) is 22.0 Å². The molecule has 220 valence electrons. The zero-order valence-corrected chi connectivity index (χ0v) is 25.6. The molecule has 3 heterocycles. The highest BCUT2D eigenvalue weighted by atomic mass is 15.1. The van der Waals surface area contributed by atoms with E-state index in [0.717, 1.165) is 28.1 Å². The van der Waals surface area contributed by atoms with Gasteiger partial charge in [-0.3, -0.25) is 4.57 Å². The molecule has 0 fully saturated rings. The van der Waals surface area contributed by atoms with Gasteiger partial charge in [-0.15, -0.1) is 0 Å². The average Bonchev–Trinajstić information content (AvgIpc) is 3.70. The molecule has 0 N–H and O–H groups in total. The maximum absolute atomic E-state index is 5.34. The first-order valence-electron chi connectivity index (χ1n) is 16.2. The van der Waals surface area contributed by atoms with Gasteiger partial charge in [0.05, 0.1) is 33.2 Å². The topological polar surface area (TPSA) is 22.8 Å². The van der Waals surface area contributed by atoms with Gasteiger partial charge in [0.15, 0.2) is 0 Å². The van der Waals surface area contributed by atoms with E-state index in [1.54, 1.807) is 0 Å². The molecule has 1 aliphatic rings. The second kappa shape index (κ2) is 9.90. The van der Waals surface area contributed by atoms with Gasteiger partial charge in [-0.1, -0.05) is 127 Å². The van der Waals surface area contributed by atoms with E-state index < -0.39 is 5.41 Å². The highest BCUT2D eigenvalue weighted by Crippen LogP contribution is 2.55. The maximum atomic E-state index is 5.34. The Bertz CT molecular complexity index is 2570. The van der Waals surface area contributed by atoms with Crippen LogP contribution in [0.15, 0.2) is 176 Å². The SMILES string of the molecule is c1ccc(-n2c(-c3cc4c5c(c3)c3ccccc3n5-c3ccccc3C4(c3ccccc3)c3ccccc3)nc3ccccc32)cc1. The smallest absolute Gasteiger partial charge is 0.145 e. The summed E-state index contributed by atoms with van der Waals surface area (Å²) in [4.78, 5) is 5.34. The summed E-state index contributed by atoms with van der Waals surface area (Å²) in [5.41, 5.74) is 12.3. The molecule has 2 aromatic heterocycles. The van der Waals surface area contributed by atoms with Crippen molar-refractivity contribution in [3.8, 4) is 22.8 Å². The van der Waals surface area contributed by atoms with Crippen LogP contribution in [0.5, 0.6) is 0 Å². The van der Waals surface area contributed by atoms with Crippen LogP contribution in [0.4, 0.5) is 0 Å². The number of hydrogen-bond acceptors (Lipinski definition) is 1. The molecule has 7 aromatic carbocycles. The highest BCUT2D eigenvalue weighted by Gasteiger charge is 2.45. The Hall–Kier alpha value is -6.19. The molecule has 0 radical (unpaired) electrons. The van der Waals surface area contributed by atoms with Crippen molar-refractivity contribution in [3.63, 3.8) is 0 Å². The maximum Gasteiger partial charge on any atom is 0.145 e. The van der Waals surface area contributed by atoms with Crippen molar-refractivity contribution in [2.24, 2.45) is 0 Å². The lowest BCUT2D eigenvalue weighted by molar-refractivity contribution is 0.728. The summed E-state index contributed by atoms with van der Waals surface area (Å²) in [6.07, 6.45) is 0. The molecular weight excluding hydrogens is 571 g/mol. The molecule has 0 spiro atoms. The van der Waals surface area contributed by atoms with Crippen molar-refractivity contribution >= 4 is 32.8 Å². The molecule has 0 saturated carbocycles. The van der Waals surface area contributed by atoms with Crippen LogP contribution in [0.25, 0.3) is 55.6 Å². The fourth-order valence-corrected chi connectivity index (χ4v) is 8.12. The lowest BCUT2D eigenvalue weighted by Gasteiger charge is -2.42. The van der Waals surface area contributed by atoms with Crippen LogP contribution in [0.1, 0.15) is 22.3 Å². The number of benzene rings is 7. The predicted molar refractivity (Wildman–Crippen MR) is 193 cm³/mol. The van der Waals surface area contributed by atoms with Crippen LogP contribution < -0.4 is 0 Å². The number of para-hydroxylation sites is 5. The largest absolute Gasteiger partial charge is 0.309 e. The quantitative estimate of drug-likeness (QED) is 0.197. The number of fused-ring (bicyclic) bond motifs is 6. The van der Waals surface area contributed by atoms with Gasteiger partial charge in [0.2, 0.25) is 0 Å². The Labute approximate surface area is 272 Å². The van der Waals surface area contributed by atoms with Crippen LogP contribution >= 0.6 is 0 Å². The fraction of sp³-hybridized carbons (Fsp3) is 0.0227. The lowest BCUT2D eigenvalue weighted by atomic mass is 9.63. The van der Waals surface area contributed by atoms with E-state index >= 15 is 0 Å². The van der Waals surface area contributed by atoms with Crippen LogP contribution in [0.2, 0.25) is 0 Å². The van der Waals surface area contributed by atoms with E-state index in [9.17, 15) is 0 Å². The van der Waals surface area contributed by atoms with Gasteiger partial charge >= 0.3 is 0 Å². The van der Waals surface area contributed by atoms with Gasteiger partial charge in [-0.25, -0.2) is 4.98 Å². The minimum atomic E-state index is -0.568. The number of aromatic nitrogens is 3. The monoisotopic (exact) mass is 599 g/mol. The predicted octanol–water partition coefficient (Wildman–Crippen LogP) is 10.5. The normalized spacial score (nSPS) is 13.3. The molecule has 3 nitrogen and oxygen atoms in total. The molecule has 1 aliphatic heterocycles. The summed E-state index contributed by atoms with van der Waals surface area (Å²) < 4.78 is 4.80. The Morgan fingerprint density at radius 2 is 1.04 bits per heavy atom. The zero-order valence-electron chi connectivity index (χ0n) is 25.6. The minimum absolute atomic E-state index is 0.568. The second-order valence-corrected chi connectivity index (χ2v) is 12.4. The summed E-state index contributed by atoms with van der Waals surface area (Å²) in [6, 6.07) is 63.7. The van der Waals surface area contributed by atoms with Crippen molar-refractivity contribution in [2.75, 3.05) is 0 Å². The number of rotatable bonds is 4. The van der Waals surface area contributed by atoms with Crippen LogP contribution in [0, 0.1) is 0 Å². The lowest BCUT2D eigenvalue weighted by Crippen LogP contribution is -2.35. The van der Waals surface area contributed by atoms with Crippen molar-refractivity contribution in [3.05, 3.63) is 198 Å². The van der Waals surface area contributed by atoms with E-state index in [-0.39, 0.29) is 0 Å². The standard InChI is InChI=1S/C44H29N3/c1-4-16-31(17-5-1)44(32-18-6-2-7-19-32)36-23-11-14-26-40(36)47-39-25-13-10-22-34(39)35-28-30(29-37(44)42(35)47)43-45-38-24-12-15-27-41(38)46(43)33-20-8-3-9-21-33/h1-29H. The molecular formula is C44H29N3. The van der Waals surface area contributed by atoms with Gasteiger partial charge in [-0.2, -0.15) is 0 Å². The van der Waals surface area contributed by atoms with Crippen LogP contribution in [-0.2, 0) is 5.41 Å². The van der Waals surface area contributed by atoms with E-state index in [2.05, 4.69) is 185 Å². The Morgan fingerprint density at radius 3 is 1.79 bits per heavy atom. The van der Waals surface area contributed by atoms with Crippen molar-refractivity contribution in [1.82, 2.24) is 14.1 Å². The summed E-state index contributed by atoms with van der Waals surface area (Å²) in [7, 11) is 0. The zero-order chi connectivity index (χ0) is 31.0. The summed E-state index contributed by atoms with van der Waals surface area (Å²) >= 11 is 0. The van der Waals surface area contributed by atoms with E-state index in [1.807, 2.05) is 0 Å². The first-order valence-corrected chi connectivity index (χ1v) is 16.2. The molecule has 0 bridgehead atoms. The number of hydrogen-bond donors (Lipinski definition) is 0. The van der Waals surface area contributed by atoms with Crippen molar-refractivity contribution < 1.29 is 0 Å². The third-order valence-electron chi connectivity index (χ3n) is 9.97. The molecule has 10 rings (SSSR count). The second-order valence-electron chi connectivity index (χ2n) is 12.4. The fourth-order valence-electron chi connectivity index (χ4n) is 8.12. The van der Waals surface area contributed by atoms with E-state index in [4.69, 9.17) is 4.98 Å². The van der Waals surface area contributed by atoms with Crippen molar-refractivity contribution in [1.29, 1.82) is 0 Å². The first-order chi connectivity index (χ1) is 23.3. The van der Waals surface area contributed by atoms with Gasteiger partial charge in [0.1, 0.15) is 5.82 Å². The minimum Gasteiger partial charge on any atom is -0.309 e. The average molecular weight is 600 g/mol. The summed E-state index contributed by atoms with van der Waals surface area (Å²) in [5, 5.41) is 2.46. The van der Waals surface area contributed by atoms with Crippen LogP contribution in [0.3, 0.4) is 0 Å². The number of nitrogens with zero attached hydrogens (tertiary/aromatic N) is 3. The van der Waals surface area contributed by atoms with Gasteiger partial charge in [0.25, 0.3) is 0 Å². The van der Waals surface area contributed by atoms with Gasteiger partial charge in [-0.05, 0) is 70.8 Å². The van der Waals surface area contributed by atoms with Crippen LogP contribution in [-0.4, -0.2) is 14.1 Å². The van der Waals surface area contributed by atoms with Crippen molar-refractivity contribution in [2.45, 2.75) is 5.41 Å². The summed E-state index contributed by atoms with van der Waals surface area (Å²) in [5.74, 6) is 0.932. The Balaban J connectivity index is 1.43.